The molecule has 0 spiro atoms. The third kappa shape index (κ3) is 3.25. The van der Waals surface area contributed by atoms with Gasteiger partial charge in [0.25, 0.3) is 0 Å². The van der Waals surface area contributed by atoms with Crippen LogP contribution in [0.15, 0.2) is 48.5 Å². The van der Waals surface area contributed by atoms with Crippen molar-refractivity contribution < 1.29 is 9.90 Å². The first-order valence-electron chi connectivity index (χ1n) is 5.47. The Hall–Kier alpha value is -2.00. The number of phenols is 1. The maximum Gasteiger partial charge on any atom is 0.228 e. The van der Waals surface area contributed by atoms with E-state index in [2.05, 4.69) is 5.32 Å². The van der Waals surface area contributed by atoms with Crippen LogP contribution >= 0.6 is 11.6 Å². The van der Waals surface area contributed by atoms with Crippen LogP contribution in [0.2, 0.25) is 5.02 Å². The molecule has 0 aliphatic rings. The molecule has 2 aromatic carbocycles. The third-order valence-electron chi connectivity index (χ3n) is 2.43. The van der Waals surface area contributed by atoms with Gasteiger partial charge in [-0.15, -0.1) is 0 Å². The van der Waals surface area contributed by atoms with Gasteiger partial charge in [-0.2, -0.15) is 0 Å². The Morgan fingerprint density at radius 2 is 1.89 bits per heavy atom. The summed E-state index contributed by atoms with van der Waals surface area (Å²) in [6, 6.07) is 13.9. The Kier molecular flexibility index (Phi) is 3.85. The highest BCUT2D eigenvalue weighted by Crippen LogP contribution is 2.25. The van der Waals surface area contributed by atoms with E-state index in [9.17, 15) is 9.90 Å². The third-order valence-corrected chi connectivity index (χ3v) is 2.75. The minimum absolute atomic E-state index is 0.0704. The second kappa shape index (κ2) is 5.56. The van der Waals surface area contributed by atoms with Crippen molar-refractivity contribution in [2.24, 2.45) is 0 Å². The molecule has 0 aliphatic carbocycles. The van der Waals surface area contributed by atoms with E-state index in [4.69, 9.17) is 11.6 Å². The fourth-order valence-corrected chi connectivity index (χ4v) is 1.80. The van der Waals surface area contributed by atoms with Crippen LogP contribution in [0.3, 0.4) is 0 Å². The average molecular weight is 262 g/mol. The number of carbonyl (C=O) groups is 1. The summed E-state index contributed by atoms with van der Waals surface area (Å²) in [6.45, 7) is 0. The lowest BCUT2D eigenvalue weighted by atomic mass is 10.1. The predicted molar refractivity (Wildman–Crippen MR) is 71.9 cm³/mol. The van der Waals surface area contributed by atoms with Crippen molar-refractivity contribution in [3.8, 4) is 5.75 Å². The quantitative estimate of drug-likeness (QED) is 0.834. The minimum Gasteiger partial charge on any atom is -0.508 e. The van der Waals surface area contributed by atoms with Crippen molar-refractivity contribution in [3.63, 3.8) is 0 Å². The number of hydrogen-bond donors (Lipinski definition) is 2. The highest BCUT2D eigenvalue weighted by Gasteiger charge is 2.07. The summed E-state index contributed by atoms with van der Waals surface area (Å²) in [5.74, 6) is -0.0742. The molecule has 0 radical (unpaired) electrons. The number of hydrogen-bond acceptors (Lipinski definition) is 2. The molecular weight excluding hydrogens is 250 g/mol. The van der Waals surface area contributed by atoms with Gasteiger partial charge < -0.3 is 10.4 Å². The zero-order valence-corrected chi connectivity index (χ0v) is 10.3. The Bertz CT molecular complexity index is 555. The van der Waals surface area contributed by atoms with Gasteiger partial charge in [0.05, 0.1) is 17.1 Å². The van der Waals surface area contributed by atoms with E-state index in [1.807, 2.05) is 30.3 Å². The number of rotatable bonds is 3. The Labute approximate surface area is 110 Å². The maximum atomic E-state index is 11.8. The van der Waals surface area contributed by atoms with Crippen molar-refractivity contribution in [1.29, 1.82) is 0 Å². The molecule has 0 heterocycles. The molecule has 18 heavy (non-hydrogen) atoms. The lowest BCUT2D eigenvalue weighted by Crippen LogP contribution is -2.14. The number of benzene rings is 2. The summed E-state index contributed by atoms with van der Waals surface area (Å²) in [6.07, 6.45) is 0.290. The first kappa shape index (κ1) is 12.5. The van der Waals surface area contributed by atoms with Crippen LogP contribution in [-0.4, -0.2) is 11.0 Å². The van der Waals surface area contributed by atoms with Crippen molar-refractivity contribution in [2.75, 3.05) is 5.32 Å². The molecule has 0 saturated heterocycles. The topological polar surface area (TPSA) is 49.3 Å². The Balaban J connectivity index is 2.03. The SMILES string of the molecule is O=C(Cc1ccccc1)Nc1ccc(O)cc1Cl. The van der Waals surface area contributed by atoms with Crippen LogP contribution in [0.5, 0.6) is 5.75 Å². The van der Waals surface area contributed by atoms with Crippen LogP contribution in [0.4, 0.5) is 5.69 Å². The summed E-state index contributed by atoms with van der Waals surface area (Å²) < 4.78 is 0. The van der Waals surface area contributed by atoms with E-state index in [1.54, 1.807) is 6.07 Å². The molecule has 0 saturated carbocycles. The van der Waals surface area contributed by atoms with E-state index < -0.39 is 0 Å². The molecule has 92 valence electrons. The van der Waals surface area contributed by atoms with Crippen LogP contribution in [0.1, 0.15) is 5.56 Å². The smallest absolute Gasteiger partial charge is 0.228 e. The molecule has 4 heteroatoms. The van der Waals surface area contributed by atoms with E-state index >= 15 is 0 Å². The van der Waals surface area contributed by atoms with Gasteiger partial charge in [-0.05, 0) is 17.7 Å². The Morgan fingerprint density at radius 1 is 1.17 bits per heavy atom. The first-order chi connectivity index (χ1) is 8.65. The zero-order chi connectivity index (χ0) is 13.0. The monoisotopic (exact) mass is 261 g/mol. The Morgan fingerprint density at radius 3 is 2.56 bits per heavy atom. The summed E-state index contributed by atoms with van der Waals surface area (Å²) in [5.41, 5.74) is 1.43. The van der Waals surface area contributed by atoms with Gasteiger partial charge in [-0.1, -0.05) is 41.9 Å². The summed E-state index contributed by atoms with van der Waals surface area (Å²) in [5, 5.41) is 12.2. The minimum atomic E-state index is -0.145. The standard InChI is InChI=1S/C14H12ClNO2/c15-12-9-11(17)6-7-13(12)16-14(18)8-10-4-2-1-3-5-10/h1-7,9,17H,8H2,(H,16,18). The molecule has 3 nitrogen and oxygen atoms in total. The molecule has 0 unspecified atom stereocenters. The molecule has 2 aromatic rings. The maximum absolute atomic E-state index is 11.8. The summed E-state index contributed by atoms with van der Waals surface area (Å²) >= 11 is 5.90. The highest BCUT2D eigenvalue weighted by molar-refractivity contribution is 6.33. The zero-order valence-electron chi connectivity index (χ0n) is 9.56. The van der Waals surface area contributed by atoms with Gasteiger partial charge in [0.15, 0.2) is 0 Å². The average Bonchev–Trinajstić information content (AvgIpc) is 2.34. The number of amides is 1. The van der Waals surface area contributed by atoms with Crippen LogP contribution in [-0.2, 0) is 11.2 Å². The van der Waals surface area contributed by atoms with E-state index in [0.717, 1.165) is 5.56 Å². The largest absolute Gasteiger partial charge is 0.508 e. The molecule has 1 amide bonds. The lowest BCUT2D eigenvalue weighted by molar-refractivity contribution is -0.115. The molecule has 2 N–H and O–H groups in total. The fourth-order valence-electron chi connectivity index (χ4n) is 1.58. The molecule has 0 fully saturated rings. The van der Waals surface area contributed by atoms with Gasteiger partial charge in [-0.3, -0.25) is 4.79 Å². The number of phenolic OH excluding ortho intramolecular Hbond substituents is 1. The first-order valence-corrected chi connectivity index (χ1v) is 5.85. The molecule has 0 aliphatic heterocycles. The van der Waals surface area contributed by atoms with Crippen LogP contribution in [0.25, 0.3) is 0 Å². The molecule has 0 aromatic heterocycles. The number of aromatic hydroxyl groups is 1. The normalized spacial score (nSPS) is 10.1. The second-order valence-electron chi connectivity index (χ2n) is 3.87. The molecular formula is C14H12ClNO2. The number of nitrogens with one attached hydrogen (secondary N) is 1. The van der Waals surface area contributed by atoms with Crippen LogP contribution in [0, 0.1) is 0 Å². The van der Waals surface area contributed by atoms with Crippen molar-refractivity contribution in [1.82, 2.24) is 0 Å². The van der Waals surface area contributed by atoms with Crippen molar-refractivity contribution >= 4 is 23.2 Å². The van der Waals surface area contributed by atoms with Crippen molar-refractivity contribution in [3.05, 3.63) is 59.1 Å². The highest BCUT2D eigenvalue weighted by atomic mass is 35.5. The molecule has 0 bridgehead atoms. The van der Waals surface area contributed by atoms with E-state index in [1.165, 1.54) is 12.1 Å². The predicted octanol–water partition coefficient (Wildman–Crippen LogP) is 3.23. The van der Waals surface area contributed by atoms with E-state index in [-0.39, 0.29) is 18.1 Å². The summed E-state index contributed by atoms with van der Waals surface area (Å²) in [7, 11) is 0. The molecule has 2 rings (SSSR count). The van der Waals surface area contributed by atoms with Gasteiger partial charge in [-0.25, -0.2) is 0 Å². The number of halogens is 1. The number of anilines is 1. The van der Waals surface area contributed by atoms with Gasteiger partial charge in [0, 0.05) is 6.07 Å². The fraction of sp³-hybridized carbons (Fsp3) is 0.0714. The van der Waals surface area contributed by atoms with E-state index in [0.29, 0.717) is 10.7 Å². The summed E-state index contributed by atoms with van der Waals surface area (Å²) in [4.78, 5) is 11.8. The van der Waals surface area contributed by atoms with Gasteiger partial charge in [0.1, 0.15) is 5.75 Å². The van der Waals surface area contributed by atoms with Gasteiger partial charge in [0.2, 0.25) is 5.91 Å². The van der Waals surface area contributed by atoms with Crippen LogP contribution < -0.4 is 5.32 Å². The van der Waals surface area contributed by atoms with Gasteiger partial charge >= 0.3 is 0 Å². The molecule has 0 atom stereocenters. The van der Waals surface area contributed by atoms with Crippen molar-refractivity contribution in [2.45, 2.75) is 6.42 Å². The number of carbonyl (C=O) groups excluding carboxylic acids is 1. The lowest BCUT2D eigenvalue weighted by Gasteiger charge is -2.07. The second-order valence-corrected chi connectivity index (χ2v) is 4.28.